The Labute approximate surface area is 283 Å². The van der Waals surface area contributed by atoms with Crippen molar-refractivity contribution in [3.05, 3.63) is 33.7 Å². The van der Waals surface area contributed by atoms with Crippen molar-refractivity contribution >= 4 is 23.9 Å². The van der Waals surface area contributed by atoms with Crippen LogP contribution in [0.25, 0.3) is 0 Å². The van der Waals surface area contributed by atoms with Crippen molar-refractivity contribution in [2.45, 2.75) is 101 Å². The van der Waals surface area contributed by atoms with Crippen LogP contribution in [0.3, 0.4) is 0 Å². The number of aryl methyl sites for hydroxylation is 1. The summed E-state index contributed by atoms with van der Waals surface area (Å²) in [5, 5.41) is 48.8. The highest BCUT2D eigenvalue weighted by Gasteiger charge is 2.55. The number of ether oxygens (including phenoxy) is 3. The van der Waals surface area contributed by atoms with Gasteiger partial charge in [-0.25, -0.2) is 9.59 Å². The van der Waals surface area contributed by atoms with Crippen molar-refractivity contribution in [3.63, 3.8) is 0 Å². The van der Waals surface area contributed by atoms with Crippen LogP contribution >= 0.6 is 0 Å². The summed E-state index contributed by atoms with van der Waals surface area (Å²) in [6, 6.07) is 0.0595. The number of carboxylic acid groups (broad SMARTS) is 1. The zero-order valence-corrected chi connectivity index (χ0v) is 28.6. The first-order chi connectivity index (χ1) is 22.9. The number of carboxylic acids is 1. The summed E-state index contributed by atoms with van der Waals surface area (Å²) >= 11 is 0. The smallest absolute Gasteiger partial charge is 0.410 e. The molecule has 49 heavy (non-hydrogen) atoms. The molecule has 0 radical (unpaired) electrons. The molecule has 4 rings (SSSR count). The third-order valence-corrected chi connectivity index (χ3v) is 9.30. The molecule has 3 aliphatic rings. The number of aliphatic hydroxyl groups is 3. The molecule has 0 saturated carbocycles. The molecule has 0 unspecified atom stereocenters. The molecule has 0 aromatic carbocycles. The van der Waals surface area contributed by atoms with Gasteiger partial charge in [0.25, 0.3) is 11.5 Å². The van der Waals surface area contributed by atoms with E-state index in [1.54, 1.807) is 25.7 Å². The molecule has 0 aliphatic carbocycles. The summed E-state index contributed by atoms with van der Waals surface area (Å²) in [5.74, 6) is -2.66. The van der Waals surface area contributed by atoms with E-state index < -0.39 is 84.0 Å². The van der Waals surface area contributed by atoms with Crippen LogP contribution in [0, 0.1) is 6.92 Å². The van der Waals surface area contributed by atoms with Gasteiger partial charge in [0, 0.05) is 64.2 Å². The molecule has 7 atom stereocenters. The number of nitrogens with one attached hydrogen (secondary N) is 3. The van der Waals surface area contributed by atoms with Crippen LogP contribution in [0.5, 0.6) is 0 Å². The van der Waals surface area contributed by atoms with Gasteiger partial charge >= 0.3 is 12.1 Å². The van der Waals surface area contributed by atoms with Crippen LogP contribution in [0.2, 0.25) is 0 Å². The van der Waals surface area contributed by atoms with Gasteiger partial charge in [-0.2, -0.15) is 0 Å². The lowest BCUT2D eigenvalue weighted by Crippen LogP contribution is -2.68. The van der Waals surface area contributed by atoms with Crippen LogP contribution in [-0.4, -0.2) is 152 Å². The maximum Gasteiger partial charge on any atom is 0.410 e. The SMILES string of the molecule is CC(=O)N[C@H]1[C@H]([C@H](O)[C@H](O)CNC(=O)c2c[nH]c(=O)c(C)c2)O[C@@](CCN2CCOC[C@@]23CCN(C(=O)OC(C)(C)C)C3)(C(=O)O)C[C@@H]1O. The largest absolute Gasteiger partial charge is 0.479 e. The van der Waals surface area contributed by atoms with E-state index in [9.17, 15) is 44.4 Å². The van der Waals surface area contributed by atoms with Crippen molar-refractivity contribution in [1.82, 2.24) is 25.4 Å². The van der Waals surface area contributed by atoms with E-state index in [-0.39, 0.29) is 29.7 Å². The van der Waals surface area contributed by atoms with Gasteiger partial charge in [0.1, 0.15) is 17.8 Å². The Morgan fingerprint density at radius 1 is 1.20 bits per heavy atom. The molecule has 4 heterocycles. The lowest BCUT2D eigenvalue weighted by atomic mass is 9.81. The molecule has 3 fully saturated rings. The van der Waals surface area contributed by atoms with Gasteiger partial charge in [-0.3, -0.25) is 19.3 Å². The number of rotatable bonds is 10. The maximum absolute atomic E-state index is 12.9. The van der Waals surface area contributed by atoms with E-state index in [1.807, 2.05) is 0 Å². The number of pyridine rings is 1. The lowest BCUT2D eigenvalue weighted by molar-refractivity contribution is -0.231. The number of morpholine rings is 1. The molecule has 3 amide bonds. The molecular weight excluding hydrogens is 646 g/mol. The minimum absolute atomic E-state index is 0.0986. The Balaban J connectivity index is 1.50. The minimum Gasteiger partial charge on any atom is -0.479 e. The Hall–Kier alpha value is -3.61. The van der Waals surface area contributed by atoms with Gasteiger partial charge in [-0.05, 0) is 40.2 Å². The first kappa shape index (κ1) is 38.2. The molecule has 274 valence electrons. The van der Waals surface area contributed by atoms with Gasteiger partial charge in [-0.15, -0.1) is 0 Å². The molecule has 1 aromatic heterocycles. The van der Waals surface area contributed by atoms with Gasteiger partial charge < -0.3 is 55.2 Å². The number of H-pyrrole nitrogens is 1. The first-order valence-corrected chi connectivity index (χ1v) is 16.4. The second kappa shape index (κ2) is 15.1. The standard InChI is InChI=1S/C32H49N5O12/c1-18-12-20(14-33-26(18)42)27(43)34-15-22(40)24(41)25-23(35-19(2)38)21(39)13-32(48-25,28(44)45)7-9-37-10-11-47-17-31(37)6-8-36(16-31)29(46)49-30(3,4)5/h12,14,21-25,39-41H,6-11,13,15-17H2,1-5H3,(H,33,42)(H,34,43)(H,35,38)(H,44,45)/t21-,22+,23+,24+,25+,31-,32+/m0/s1. The number of likely N-dealkylation sites (tertiary alicyclic amines) is 1. The van der Waals surface area contributed by atoms with Crippen molar-refractivity contribution in [2.24, 2.45) is 0 Å². The normalized spacial score (nSPS) is 28.9. The summed E-state index contributed by atoms with van der Waals surface area (Å²) in [7, 11) is 0. The highest BCUT2D eigenvalue weighted by atomic mass is 16.6. The Morgan fingerprint density at radius 2 is 1.92 bits per heavy atom. The average molecular weight is 696 g/mol. The second-order valence-electron chi connectivity index (χ2n) is 14.2. The van der Waals surface area contributed by atoms with Gasteiger partial charge in [0.05, 0.1) is 42.6 Å². The van der Waals surface area contributed by atoms with Gasteiger partial charge in [-0.1, -0.05) is 0 Å². The average Bonchev–Trinajstić information content (AvgIpc) is 3.44. The maximum atomic E-state index is 12.9. The number of hydrogen-bond donors (Lipinski definition) is 7. The van der Waals surface area contributed by atoms with E-state index in [0.717, 1.165) is 0 Å². The summed E-state index contributed by atoms with van der Waals surface area (Å²) < 4.78 is 17.4. The number of carbonyl (C=O) groups is 4. The number of aromatic amines is 1. The summed E-state index contributed by atoms with van der Waals surface area (Å²) in [5.41, 5.74) is -3.32. The van der Waals surface area contributed by atoms with Crippen LogP contribution < -0.4 is 16.2 Å². The zero-order chi connectivity index (χ0) is 36.3. The predicted molar refractivity (Wildman–Crippen MR) is 172 cm³/mol. The van der Waals surface area contributed by atoms with Crippen LogP contribution in [0.4, 0.5) is 4.79 Å². The van der Waals surface area contributed by atoms with E-state index in [0.29, 0.717) is 39.3 Å². The monoisotopic (exact) mass is 695 g/mol. The fourth-order valence-electron chi connectivity index (χ4n) is 6.68. The van der Waals surface area contributed by atoms with Crippen molar-refractivity contribution in [1.29, 1.82) is 0 Å². The zero-order valence-electron chi connectivity index (χ0n) is 28.6. The summed E-state index contributed by atoms with van der Waals surface area (Å²) in [6.45, 7) is 9.52. The van der Waals surface area contributed by atoms with E-state index in [1.165, 1.54) is 26.1 Å². The summed E-state index contributed by atoms with van der Waals surface area (Å²) in [6.07, 6.45) is -5.97. The Kier molecular flexibility index (Phi) is 11.8. The molecule has 1 spiro atoms. The fourth-order valence-corrected chi connectivity index (χ4v) is 6.68. The second-order valence-corrected chi connectivity index (χ2v) is 14.2. The Morgan fingerprint density at radius 3 is 2.55 bits per heavy atom. The third kappa shape index (κ3) is 8.95. The quantitative estimate of drug-likeness (QED) is 0.151. The number of amides is 3. The molecule has 17 heteroatoms. The Bertz CT molecular complexity index is 1450. The number of nitrogens with zero attached hydrogens (tertiary/aromatic N) is 2. The molecule has 0 bridgehead atoms. The van der Waals surface area contributed by atoms with Gasteiger partial charge in [0.2, 0.25) is 5.91 Å². The van der Waals surface area contributed by atoms with Gasteiger partial charge in [0.15, 0.2) is 5.60 Å². The first-order valence-electron chi connectivity index (χ1n) is 16.4. The molecule has 3 aliphatic heterocycles. The topological polar surface area (TPSA) is 240 Å². The third-order valence-electron chi connectivity index (χ3n) is 9.30. The van der Waals surface area contributed by atoms with Crippen molar-refractivity contribution in [2.75, 3.05) is 45.9 Å². The van der Waals surface area contributed by atoms with E-state index in [2.05, 4.69) is 20.5 Å². The van der Waals surface area contributed by atoms with Crippen molar-refractivity contribution in [3.8, 4) is 0 Å². The lowest BCUT2D eigenvalue weighted by Gasteiger charge is -2.49. The van der Waals surface area contributed by atoms with E-state index >= 15 is 0 Å². The number of aliphatic hydroxyl groups excluding tert-OH is 3. The molecular formula is C32H49N5O12. The van der Waals surface area contributed by atoms with Crippen LogP contribution in [-0.2, 0) is 23.8 Å². The minimum atomic E-state index is -2.04. The highest BCUT2D eigenvalue weighted by Crippen LogP contribution is 2.38. The number of aromatic nitrogens is 1. The molecule has 7 N–H and O–H groups in total. The number of carbonyl (C=O) groups excluding carboxylic acids is 3. The van der Waals surface area contributed by atoms with E-state index in [4.69, 9.17) is 14.2 Å². The molecule has 17 nitrogen and oxygen atoms in total. The molecule has 3 saturated heterocycles. The number of aliphatic carboxylic acids is 1. The fraction of sp³-hybridized carbons (Fsp3) is 0.719. The van der Waals surface area contributed by atoms with Crippen LogP contribution in [0.15, 0.2) is 17.1 Å². The predicted octanol–water partition coefficient (Wildman–Crippen LogP) is -1.29. The molecule has 1 aromatic rings. The number of hydrogen-bond acceptors (Lipinski definition) is 12. The van der Waals surface area contributed by atoms with Crippen LogP contribution in [0.1, 0.15) is 62.9 Å². The highest BCUT2D eigenvalue weighted by molar-refractivity contribution is 5.94. The summed E-state index contributed by atoms with van der Waals surface area (Å²) in [4.78, 5) is 68.2. The van der Waals surface area contributed by atoms with Crippen molar-refractivity contribution < 1.29 is 53.8 Å².